The first kappa shape index (κ1) is 13.5. The van der Waals surface area contributed by atoms with Gasteiger partial charge < -0.3 is 9.72 Å². The lowest BCUT2D eigenvalue weighted by Gasteiger charge is -2.05. The van der Waals surface area contributed by atoms with Crippen LogP contribution in [0.1, 0.15) is 19.0 Å². The maximum absolute atomic E-state index is 4.69. The third-order valence-electron chi connectivity index (χ3n) is 2.84. The number of nitrogens with zero attached hydrogens (tertiary/aromatic N) is 4. The van der Waals surface area contributed by atoms with E-state index < -0.39 is 0 Å². The van der Waals surface area contributed by atoms with Crippen molar-refractivity contribution >= 4 is 28.7 Å². The van der Waals surface area contributed by atoms with Crippen LogP contribution in [0.25, 0.3) is 5.65 Å². The van der Waals surface area contributed by atoms with E-state index in [1.807, 2.05) is 18.2 Å². The highest BCUT2D eigenvalue weighted by Gasteiger charge is 2.14. The molecule has 0 aromatic carbocycles. The predicted octanol–water partition coefficient (Wildman–Crippen LogP) is 2.84. The van der Waals surface area contributed by atoms with Crippen molar-refractivity contribution in [1.82, 2.24) is 24.9 Å². The lowest BCUT2D eigenvalue weighted by atomic mass is 10.4. The van der Waals surface area contributed by atoms with Gasteiger partial charge in [-0.3, -0.25) is 0 Å². The summed E-state index contributed by atoms with van der Waals surface area (Å²) in [5.41, 5.74) is 3.88. The van der Waals surface area contributed by atoms with Crippen LogP contribution < -0.4 is 5.32 Å². The van der Waals surface area contributed by atoms with E-state index in [1.165, 1.54) is 17.0 Å². The SMILES string of the molecule is CCCNCc1c(Sc2nncs2)nc2ccccn12. The second kappa shape index (κ2) is 6.34. The molecule has 3 heterocycles. The molecule has 0 aliphatic heterocycles. The molecule has 0 spiro atoms. The molecular formula is C13H15N5S2. The summed E-state index contributed by atoms with van der Waals surface area (Å²) in [5, 5.41) is 12.4. The van der Waals surface area contributed by atoms with Crippen LogP contribution in [0, 0.1) is 0 Å². The topological polar surface area (TPSA) is 55.1 Å². The van der Waals surface area contributed by atoms with Crippen molar-refractivity contribution in [3.63, 3.8) is 0 Å². The molecule has 0 bridgehead atoms. The zero-order chi connectivity index (χ0) is 13.8. The third-order valence-corrected chi connectivity index (χ3v) is 4.63. The molecule has 0 saturated heterocycles. The zero-order valence-electron chi connectivity index (χ0n) is 11.1. The van der Waals surface area contributed by atoms with Gasteiger partial charge in [0.25, 0.3) is 0 Å². The fourth-order valence-corrected chi connectivity index (χ4v) is 3.46. The molecule has 3 aromatic heterocycles. The molecule has 3 rings (SSSR count). The Kier molecular flexibility index (Phi) is 4.29. The third kappa shape index (κ3) is 2.84. The Morgan fingerprint density at radius 1 is 1.40 bits per heavy atom. The highest BCUT2D eigenvalue weighted by Crippen LogP contribution is 2.31. The standard InChI is InChI=1S/C13H15N5S2/c1-2-6-14-8-10-12(20-13-17-15-9-19-13)16-11-5-3-4-7-18(10)11/h3-5,7,9,14H,2,6,8H2,1H3. The number of pyridine rings is 1. The summed E-state index contributed by atoms with van der Waals surface area (Å²) in [6.45, 7) is 3.97. The van der Waals surface area contributed by atoms with E-state index in [1.54, 1.807) is 17.3 Å². The van der Waals surface area contributed by atoms with Crippen molar-refractivity contribution in [2.45, 2.75) is 29.3 Å². The second-order valence-electron chi connectivity index (χ2n) is 4.28. The molecular weight excluding hydrogens is 290 g/mol. The minimum Gasteiger partial charge on any atom is -0.311 e. The number of imidazole rings is 1. The van der Waals surface area contributed by atoms with Gasteiger partial charge in [0.15, 0.2) is 4.34 Å². The van der Waals surface area contributed by atoms with Crippen LogP contribution in [0.15, 0.2) is 39.3 Å². The van der Waals surface area contributed by atoms with Gasteiger partial charge in [0, 0.05) is 12.7 Å². The lowest BCUT2D eigenvalue weighted by Crippen LogP contribution is -2.15. The molecule has 0 unspecified atom stereocenters. The number of nitrogens with one attached hydrogen (secondary N) is 1. The first-order valence-corrected chi connectivity index (χ1v) is 8.19. The summed E-state index contributed by atoms with van der Waals surface area (Å²) in [4.78, 5) is 4.69. The fourth-order valence-electron chi connectivity index (χ4n) is 1.94. The van der Waals surface area contributed by atoms with Gasteiger partial charge in [-0.15, -0.1) is 10.2 Å². The highest BCUT2D eigenvalue weighted by atomic mass is 32.2. The van der Waals surface area contributed by atoms with Crippen molar-refractivity contribution < 1.29 is 0 Å². The van der Waals surface area contributed by atoms with Crippen molar-refractivity contribution in [3.05, 3.63) is 35.6 Å². The van der Waals surface area contributed by atoms with Crippen molar-refractivity contribution in [3.8, 4) is 0 Å². The summed E-state index contributed by atoms with van der Waals surface area (Å²) in [7, 11) is 0. The molecule has 0 atom stereocenters. The van der Waals surface area contributed by atoms with E-state index in [0.717, 1.165) is 34.5 Å². The monoisotopic (exact) mass is 305 g/mol. The summed E-state index contributed by atoms with van der Waals surface area (Å²) in [5.74, 6) is 0. The summed E-state index contributed by atoms with van der Waals surface area (Å²) in [6.07, 6.45) is 3.17. The Bertz CT molecular complexity index is 677. The maximum Gasteiger partial charge on any atom is 0.180 e. The fraction of sp³-hybridized carbons (Fsp3) is 0.308. The Hall–Kier alpha value is -1.44. The summed E-state index contributed by atoms with van der Waals surface area (Å²) in [6, 6.07) is 6.05. The largest absolute Gasteiger partial charge is 0.311 e. The van der Waals surface area contributed by atoms with E-state index in [2.05, 4.69) is 33.0 Å². The molecule has 5 nitrogen and oxygen atoms in total. The number of aromatic nitrogens is 4. The van der Waals surface area contributed by atoms with Crippen LogP contribution in [0.3, 0.4) is 0 Å². The summed E-state index contributed by atoms with van der Waals surface area (Å²) >= 11 is 3.11. The average molecular weight is 305 g/mol. The maximum atomic E-state index is 4.69. The van der Waals surface area contributed by atoms with E-state index >= 15 is 0 Å². The van der Waals surface area contributed by atoms with Crippen LogP contribution >= 0.6 is 23.1 Å². The van der Waals surface area contributed by atoms with Crippen LogP contribution in [0.5, 0.6) is 0 Å². The quantitative estimate of drug-likeness (QED) is 0.710. The van der Waals surface area contributed by atoms with Crippen molar-refractivity contribution in [2.24, 2.45) is 0 Å². The minimum absolute atomic E-state index is 0.806. The van der Waals surface area contributed by atoms with Gasteiger partial charge in [-0.2, -0.15) is 0 Å². The Labute approximate surface area is 125 Å². The highest BCUT2D eigenvalue weighted by molar-refractivity contribution is 8.01. The Balaban J connectivity index is 1.94. The van der Waals surface area contributed by atoms with Crippen LogP contribution in [0.2, 0.25) is 0 Å². The molecule has 0 amide bonds. The normalized spacial score (nSPS) is 11.2. The number of hydrogen-bond acceptors (Lipinski definition) is 6. The van der Waals surface area contributed by atoms with Crippen molar-refractivity contribution in [1.29, 1.82) is 0 Å². The van der Waals surface area contributed by atoms with Crippen LogP contribution in [0.4, 0.5) is 0 Å². The van der Waals surface area contributed by atoms with Gasteiger partial charge in [-0.05, 0) is 36.9 Å². The van der Waals surface area contributed by atoms with E-state index in [4.69, 9.17) is 4.98 Å². The average Bonchev–Trinajstić information content (AvgIpc) is 3.08. The number of fused-ring (bicyclic) bond motifs is 1. The zero-order valence-corrected chi connectivity index (χ0v) is 12.7. The molecule has 3 aromatic rings. The number of hydrogen-bond donors (Lipinski definition) is 1. The Morgan fingerprint density at radius 2 is 2.35 bits per heavy atom. The number of rotatable bonds is 6. The predicted molar refractivity (Wildman–Crippen MR) is 81.2 cm³/mol. The first-order chi connectivity index (χ1) is 9.88. The molecule has 0 radical (unpaired) electrons. The molecule has 104 valence electrons. The molecule has 0 aliphatic carbocycles. The molecule has 0 fully saturated rings. The molecule has 0 saturated carbocycles. The van der Waals surface area contributed by atoms with Crippen LogP contribution in [-0.2, 0) is 6.54 Å². The van der Waals surface area contributed by atoms with Crippen molar-refractivity contribution in [2.75, 3.05) is 6.54 Å². The van der Waals surface area contributed by atoms with Gasteiger partial charge in [-0.25, -0.2) is 4.98 Å². The smallest absolute Gasteiger partial charge is 0.180 e. The minimum atomic E-state index is 0.806. The molecule has 20 heavy (non-hydrogen) atoms. The molecule has 0 aliphatic rings. The molecule has 7 heteroatoms. The lowest BCUT2D eigenvalue weighted by molar-refractivity contribution is 0.652. The molecule has 1 N–H and O–H groups in total. The Morgan fingerprint density at radius 3 is 3.15 bits per heavy atom. The van der Waals surface area contributed by atoms with Gasteiger partial charge >= 0.3 is 0 Å². The van der Waals surface area contributed by atoms with E-state index in [-0.39, 0.29) is 0 Å². The van der Waals surface area contributed by atoms with E-state index in [0.29, 0.717) is 0 Å². The van der Waals surface area contributed by atoms with Gasteiger partial charge in [-0.1, -0.05) is 24.3 Å². The van der Waals surface area contributed by atoms with Gasteiger partial charge in [0.1, 0.15) is 16.2 Å². The second-order valence-corrected chi connectivity index (χ2v) is 6.35. The van der Waals surface area contributed by atoms with Crippen LogP contribution in [-0.4, -0.2) is 26.1 Å². The summed E-state index contributed by atoms with van der Waals surface area (Å²) < 4.78 is 3.05. The van der Waals surface area contributed by atoms with E-state index in [9.17, 15) is 0 Å². The van der Waals surface area contributed by atoms with Gasteiger partial charge in [0.2, 0.25) is 0 Å². The van der Waals surface area contributed by atoms with Gasteiger partial charge in [0.05, 0.1) is 5.69 Å². The first-order valence-electron chi connectivity index (χ1n) is 6.49.